The molecule has 0 aliphatic rings. The zero-order valence-corrected chi connectivity index (χ0v) is 12.6. The van der Waals surface area contributed by atoms with Gasteiger partial charge < -0.3 is 10.1 Å². The van der Waals surface area contributed by atoms with E-state index in [1.807, 2.05) is 12.1 Å². The number of methoxy groups -OCH3 is 1. The first-order chi connectivity index (χ1) is 9.72. The molecule has 3 heteroatoms. The largest absolute Gasteiger partial charge is 0.382 e. The number of ether oxygens (including phenoxy) is 1. The number of aromatic nitrogens is 1. The number of hydrogen-bond acceptors (Lipinski definition) is 3. The summed E-state index contributed by atoms with van der Waals surface area (Å²) in [6, 6.07) is 12.9. The highest BCUT2D eigenvalue weighted by molar-refractivity contribution is 5.78. The Bertz CT molecular complexity index is 541. The first kappa shape index (κ1) is 14.9. The molecule has 0 fully saturated rings. The van der Waals surface area contributed by atoms with Crippen molar-refractivity contribution in [2.45, 2.75) is 38.8 Å². The van der Waals surface area contributed by atoms with Crippen molar-refractivity contribution in [1.82, 2.24) is 10.3 Å². The van der Waals surface area contributed by atoms with Crippen molar-refractivity contribution in [3.63, 3.8) is 0 Å². The third kappa shape index (κ3) is 4.02. The van der Waals surface area contributed by atoms with Crippen molar-refractivity contribution in [2.75, 3.05) is 13.7 Å². The summed E-state index contributed by atoms with van der Waals surface area (Å²) in [5.74, 6) is 0. The minimum absolute atomic E-state index is 0.263. The second-order valence-electron chi connectivity index (χ2n) is 5.24. The Kier molecular flexibility index (Phi) is 5.50. The lowest BCUT2D eigenvalue weighted by molar-refractivity contribution is 0.100. The molecule has 108 valence electrons. The van der Waals surface area contributed by atoms with Gasteiger partial charge in [0.25, 0.3) is 0 Å². The molecule has 0 saturated carbocycles. The molecule has 2 atom stereocenters. The van der Waals surface area contributed by atoms with Crippen molar-refractivity contribution in [3.05, 3.63) is 42.1 Å². The van der Waals surface area contributed by atoms with Crippen LogP contribution in [0.15, 0.2) is 36.4 Å². The average Bonchev–Trinajstić information content (AvgIpc) is 2.47. The van der Waals surface area contributed by atoms with Crippen molar-refractivity contribution in [3.8, 4) is 0 Å². The maximum Gasteiger partial charge on any atom is 0.0705 e. The molecule has 2 rings (SSSR count). The van der Waals surface area contributed by atoms with E-state index in [2.05, 4.69) is 43.4 Å². The van der Waals surface area contributed by atoms with Gasteiger partial charge >= 0.3 is 0 Å². The van der Waals surface area contributed by atoms with Gasteiger partial charge in [-0.1, -0.05) is 31.2 Å². The summed E-state index contributed by atoms with van der Waals surface area (Å²) in [5.41, 5.74) is 2.21. The summed E-state index contributed by atoms with van der Waals surface area (Å²) in [4.78, 5) is 4.75. The lowest BCUT2D eigenvalue weighted by Crippen LogP contribution is -2.34. The van der Waals surface area contributed by atoms with Gasteiger partial charge in [-0.3, -0.25) is 4.98 Å². The minimum Gasteiger partial charge on any atom is -0.382 e. The first-order valence-corrected chi connectivity index (χ1v) is 7.33. The van der Waals surface area contributed by atoms with Gasteiger partial charge in [-0.05, 0) is 32.0 Å². The second kappa shape index (κ2) is 7.36. The Labute approximate surface area is 121 Å². The average molecular weight is 272 g/mol. The zero-order chi connectivity index (χ0) is 14.4. The van der Waals surface area contributed by atoms with Crippen LogP contribution in [-0.4, -0.2) is 30.8 Å². The van der Waals surface area contributed by atoms with Gasteiger partial charge in [-0.25, -0.2) is 0 Å². The Morgan fingerprint density at radius 1 is 1.20 bits per heavy atom. The number of nitrogens with zero attached hydrogens (tertiary/aromatic N) is 1. The van der Waals surface area contributed by atoms with Crippen molar-refractivity contribution in [2.24, 2.45) is 0 Å². The third-order valence-corrected chi connectivity index (χ3v) is 3.62. The van der Waals surface area contributed by atoms with Crippen molar-refractivity contribution in [1.29, 1.82) is 0 Å². The predicted molar refractivity (Wildman–Crippen MR) is 84.0 cm³/mol. The lowest BCUT2D eigenvalue weighted by Gasteiger charge is -2.21. The maximum absolute atomic E-state index is 5.37. The Balaban J connectivity index is 2.11. The molecule has 1 aromatic carbocycles. The van der Waals surface area contributed by atoms with E-state index in [-0.39, 0.29) is 6.10 Å². The molecule has 0 amide bonds. The topological polar surface area (TPSA) is 34.2 Å². The van der Waals surface area contributed by atoms with Gasteiger partial charge in [-0.2, -0.15) is 0 Å². The Morgan fingerprint density at radius 3 is 2.75 bits per heavy atom. The van der Waals surface area contributed by atoms with E-state index >= 15 is 0 Å². The molecule has 0 saturated heterocycles. The van der Waals surface area contributed by atoms with E-state index in [0.29, 0.717) is 6.04 Å². The molecule has 0 aliphatic carbocycles. The van der Waals surface area contributed by atoms with Crippen LogP contribution in [-0.2, 0) is 11.2 Å². The summed E-state index contributed by atoms with van der Waals surface area (Å²) in [7, 11) is 1.77. The summed E-state index contributed by atoms with van der Waals surface area (Å²) < 4.78 is 5.37. The number of likely N-dealkylation sites (N-methyl/N-ethyl adjacent to an activating group) is 1. The fraction of sp³-hybridized carbons (Fsp3) is 0.471. The molecular formula is C17H24N2O. The quantitative estimate of drug-likeness (QED) is 0.840. The number of benzene rings is 1. The van der Waals surface area contributed by atoms with Crippen LogP contribution >= 0.6 is 0 Å². The van der Waals surface area contributed by atoms with Gasteiger partial charge in [0.05, 0.1) is 11.6 Å². The maximum atomic E-state index is 5.37. The van der Waals surface area contributed by atoms with Crippen molar-refractivity contribution < 1.29 is 4.74 Å². The molecule has 0 bridgehead atoms. The summed E-state index contributed by atoms with van der Waals surface area (Å²) in [6.07, 6.45) is 2.20. The molecule has 2 unspecified atom stereocenters. The second-order valence-corrected chi connectivity index (χ2v) is 5.24. The zero-order valence-electron chi connectivity index (χ0n) is 12.6. The first-order valence-electron chi connectivity index (χ1n) is 7.33. The number of pyridine rings is 1. The number of para-hydroxylation sites is 1. The number of hydrogen-bond donors (Lipinski definition) is 1. The number of rotatable bonds is 7. The van der Waals surface area contributed by atoms with Crippen LogP contribution in [0.2, 0.25) is 0 Å². The summed E-state index contributed by atoms with van der Waals surface area (Å²) in [6.45, 7) is 5.21. The molecular weight excluding hydrogens is 248 g/mol. The van der Waals surface area contributed by atoms with Crippen LogP contribution in [0.25, 0.3) is 10.9 Å². The van der Waals surface area contributed by atoms with E-state index in [0.717, 1.165) is 30.6 Å². The van der Waals surface area contributed by atoms with E-state index in [9.17, 15) is 0 Å². The normalized spacial score (nSPS) is 14.3. The van der Waals surface area contributed by atoms with Gasteiger partial charge in [0.1, 0.15) is 0 Å². The van der Waals surface area contributed by atoms with Gasteiger partial charge in [0.2, 0.25) is 0 Å². The molecule has 0 radical (unpaired) electrons. The minimum atomic E-state index is 0.263. The van der Waals surface area contributed by atoms with Crippen LogP contribution in [0.5, 0.6) is 0 Å². The van der Waals surface area contributed by atoms with Crippen molar-refractivity contribution >= 4 is 10.9 Å². The van der Waals surface area contributed by atoms with E-state index in [1.165, 1.54) is 5.39 Å². The van der Waals surface area contributed by atoms with E-state index < -0.39 is 0 Å². The van der Waals surface area contributed by atoms with Crippen LogP contribution in [0.3, 0.4) is 0 Å². The molecule has 0 spiro atoms. The Hall–Kier alpha value is -1.45. The third-order valence-electron chi connectivity index (χ3n) is 3.62. The smallest absolute Gasteiger partial charge is 0.0705 e. The van der Waals surface area contributed by atoms with Crippen LogP contribution in [0.4, 0.5) is 0 Å². The van der Waals surface area contributed by atoms with Gasteiger partial charge in [0.15, 0.2) is 0 Å². The van der Waals surface area contributed by atoms with E-state index in [1.54, 1.807) is 7.11 Å². The van der Waals surface area contributed by atoms with Crippen LogP contribution in [0, 0.1) is 0 Å². The monoisotopic (exact) mass is 272 g/mol. The van der Waals surface area contributed by atoms with Crippen LogP contribution < -0.4 is 5.32 Å². The molecule has 1 aromatic heterocycles. The highest BCUT2D eigenvalue weighted by atomic mass is 16.5. The molecule has 2 aromatic rings. The highest BCUT2D eigenvalue weighted by Gasteiger charge is 2.13. The number of fused-ring (bicyclic) bond motifs is 1. The van der Waals surface area contributed by atoms with E-state index in [4.69, 9.17) is 9.72 Å². The highest BCUT2D eigenvalue weighted by Crippen LogP contribution is 2.14. The number of nitrogens with one attached hydrogen (secondary N) is 1. The SMILES string of the molecule is CCNC(Cc1ccc2ccccc2n1)CC(C)OC. The predicted octanol–water partition coefficient (Wildman–Crippen LogP) is 3.18. The lowest BCUT2D eigenvalue weighted by atomic mass is 10.0. The standard InChI is InChI=1S/C17H24N2O/c1-4-18-16(11-13(2)20-3)12-15-10-9-14-7-5-6-8-17(14)19-15/h5-10,13,16,18H,4,11-12H2,1-3H3. The van der Waals surface area contributed by atoms with Crippen LogP contribution in [0.1, 0.15) is 26.0 Å². The summed E-state index contributed by atoms with van der Waals surface area (Å²) >= 11 is 0. The molecule has 1 heterocycles. The molecule has 3 nitrogen and oxygen atoms in total. The fourth-order valence-corrected chi connectivity index (χ4v) is 2.50. The molecule has 20 heavy (non-hydrogen) atoms. The fourth-order valence-electron chi connectivity index (χ4n) is 2.50. The Morgan fingerprint density at radius 2 is 2.00 bits per heavy atom. The summed E-state index contributed by atoms with van der Waals surface area (Å²) in [5, 5.41) is 4.72. The van der Waals surface area contributed by atoms with Gasteiger partial charge in [-0.15, -0.1) is 0 Å². The van der Waals surface area contributed by atoms with Gasteiger partial charge in [0, 0.05) is 30.7 Å². The molecule has 0 aliphatic heterocycles. The molecule has 1 N–H and O–H groups in total.